The second kappa shape index (κ2) is 9.98. The summed E-state index contributed by atoms with van der Waals surface area (Å²) in [6.45, 7) is 2.70. The summed E-state index contributed by atoms with van der Waals surface area (Å²) < 4.78 is 25.2. The summed E-state index contributed by atoms with van der Waals surface area (Å²) in [5.74, 6) is 8.24. The molecule has 1 aliphatic heterocycles. The van der Waals surface area contributed by atoms with Crippen LogP contribution in [0.25, 0.3) is 10.9 Å². The third-order valence-corrected chi connectivity index (χ3v) is 5.90. The maximum Gasteiger partial charge on any atom is 0.229 e. The quantitative estimate of drug-likeness (QED) is 0.501. The molecule has 0 spiro atoms. The van der Waals surface area contributed by atoms with Gasteiger partial charge in [-0.15, -0.1) is 0 Å². The Balaban J connectivity index is 1.45. The summed E-state index contributed by atoms with van der Waals surface area (Å²) in [6, 6.07) is 15.3. The van der Waals surface area contributed by atoms with Crippen LogP contribution in [0.1, 0.15) is 24.2 Å². The second-order valence-corrected chi connectivity index (χ2v) is 9.70. The summed E-state index contributed by atoms with van der Waals surface area (Å²) >= 11 is 0. The average Bonchev–Trinajstić information content (AvgIpc) is 2.78. The van der Waals surface area contributed by atoms with Crippen molar-refractivity contribution in [2.75, 3.05) is 35.9 Å². The van der Waals surface area contributed by atoms with Crippen molar-refractivity contribution in [3.63, 3.8) is 0 Å². The van der Waals surface area contributed by atoms with Gasteiger partial charge in [-0.25, -0.2) is 18.4 Å². The Morgan fingerprint density at radius 2 is 1.81 bits per heavy atom. The predicted molar refractivity (Wildman–Crippen MR) is 129 cm³/mol. The molecular formula is C24H27N5O2S. The minimum absolute atomic E-state index is 0.392. The number of nitrogens with one attached hydrogen (secondary N) is 3. The van der Waals surface area contributed by atoms with Gasteiger partial charge in [0, 0.05) is 23.5 Å². The standard InChI is InChI=1S/C24H27N5O2S/c1-32(30,31)29-20-9-6-18(7-10-20)14-17-26-24-21-4-2-3-5-22(21)27-23(28-24)11-8-19-12-15-25-16-13-19/h2-7,9-10,19,25,29H,12-17H2,1H3,(H,26,27,28). The number of hydrogen-bond acceptors (Lipinski definition) is 6. The largest absolute Gasteiger partial charge is 0.369 e. The van der Waals surface area contributed by atoms with Crippen LogP contribution >= 0.6 is 0 Å². The average molecular weight is 450 g/mol. The van der Waals surface area contributed by atoms with Crippen molar-refractivity contribution in [2.24, 2.45) is 5.92 Å². The summed E-state index contributed by atoms with van der Waals surface area (Å²) in [4.78, 5) is 9.31. The monoisotopic (exact) mass is 449 g/mol. The lowest BCUT2D eigenvalue weighted by Gasteiger charge is -2.17. The molecule has 7 nitrogen and oxygen atoms in total. The van der Waals surface area contributed by atoms with E-state index in [0.717, 1.165) is 60.9 Å². The molecule has 0 atom stereocenters. The zero-order valence-corrected chi connectivity index (χ0v) is 18.9. The molecule has 1 saturated heterocycles. The van der Waals surface area contributed by atoms with Crippen LogP contribution in [0.15, 0.2) is 48.5 Å². The molecule has 0 unspecified atom stereocenters. The Kier molecular flexibility index (Phi) is 6.88. The molecular weight excluding hydrogens is 422 g/mol. The Bertz CT molecular complexity index is 1240. The molecule has 166 valence electrons. The van der Waals surface area contributed by atoms with Crippen LogP contribution in [-0.2, 0) is 16.4 Å². The van der Waals surface area contributed by atoms with E-state index in [2.05, 4.69) is 37.2 Å². The molecule has 3 N–H and O–H groups in total. The number of anilines is 2. The lowest BCUT2D eigenvalue weighted by atomic mass is 9.99. The van der Waals surface area contributed by atoms with Crippen LogP contribution in [0, 0.1) is 17.8 Å². The fourth-order valence-corrected chi connectivity index (χ4v) is 4.24. The molecule has 4 rings (SSSR count). The third kappa shape index (κ3) is 6.19. The number of para-hydroxylation sites is 1. The van der Waals surface area contributed by atoms with Gasteiger partial charge in [0.25, 0.3) is 0 Å². The normalized spacial score (nSPS) is 14.5. The van der Waals surface area contributed by atoms with Gasteiger partial charge in [-0.3, -0.25) is 4.72 Å². The first-order valence-electron chi connectivity index (χ1n) is 10.8. The van der Waals surface area contributed by atoms with Crippen molar-refractivity contribution in [1.29, 1.82) is 0 Å². The number of rotatable bonds is 6. The second-order valence-electron chi connectivity index (χ2n) is 7.95. The molecule has 3 aromatic rings. The van der Waals surface area contributed by atoms with Crippen LogP contribution in [0.5, 0.6) is 0 Å². The summed E-state index contributed by atoms with van der Waals surface area (Å²) in [5.41, 5.74) is 2.53. The molecule has 0 amide bonds. The highest BCUT2D eigenvalue weighted by molar-refractivity contribution is 7.92. The van der Waals surface area contributed by atoms with Crippen LogP contribution in [0.2, 0.25) is 0 Å². The van der Waals surface area contributed by atoms with Crippen LogP contribution in [0.3, 0.4) is 0 Å². The molecule has 8 heteroatoms. The maximum absolute atomic E-state index is 11.3. The molecule has 2 aromatic carbocycles. The van der Waals surface area contributed by atoms with E-state index in [1.165, 1.54) is 0 Å². The number of sulfonamides is 1. The minimum Gasteiger partial charge on any atom is -0.369 e. The van der Waals surface area contributed by atoms with E-state index in [0.29, 0.717) is 24.0 Å². The van der Waals surface area contributed by atoms with Crippen molar-refractivity contribution < 1.29 is 8.42 Å². The first kappa shape index (κ1) is 22.1. The number of hydrogen-bond donors (Lipinski definition) is 3. The zero-order chi connectivity index (χ0) is 22.4. The van der Waals surface area contributed by atoms with Gasteiger partial charge in [0.15, 0.2) is 0 Å². The van der Waals surface area contributed by atoms with E-state index in [9.17, 15) is 8.42 Å². The lowest BCUT2D eigenvalue weighted by molar-refractivity contribution is 0.447. The number of nitrogens with zero attached hydrogens (tertiary/aromatic N) is 2. The molecule has 1 fully saturated rings. The van der Waals surface area contributed by atoms with Crippen LogP contribution in [0.4, 0.5) is 11.5 Å². The maximum atomic E-state index is 11.3. The molecule has 32 heavy (non-hydrogen) atoms. The van der Waals surface area contributed by atoms with Crippen molar-refractivity contribution in [3.05, 3.63) is 59.9 Å². The Labute approximate surface area is 189 Å². The summed E-state index contributed by atoms with van der Waals surface area (Å²) in [5, 5.41) is 7.75. The zero-order valence-electron chi connectivity index (χ0n) is 18.1. The summed E-state index contributed by atoms with van der Waals surface area (Å²) in [6.07, 6.45) is 4.03. The Hall–Kier alpha value is -3.15. The molecule has 0 saturated carbocycles. The van der Waals surface area contributed by atoms with Crippen molar-refractivity contribution in [1.82, 2.24) is 15.3 Å². The number of benzene rings is 2. The smallest absolute Gasteiger partial charge is 0.229 e. The van der Waals surface area contributed by atoms with Gasteiger partial charge < -0.3 is 10.6 Å². The van der Waals surface area contributed by atoms with Crippen molar-refractivity contribution in [2.45, 2.75) is 19.3 Å². The molecule has 0 aliphatic carbocycles. The first-order chi connectivity index (χ1) is 15.5. The first-order valence-corrected chi connectivity index (χ1v) is 12.6. The van der Waals surface area contributed by atoms with Gasteiger partial charge >= 0.3 is 0 Å². The molecule has 2 heterocycles. The Morgan fingerprint density at radius 3 is 2.56 bits per heavy atom. The fraction of sp³-hybridized carbons (Fsp3) is 0.333. The predicted octanol–water partition coefficient (Wildman–Crippen LogP) is 3.01. The lowest BCUT2D eigenvalue weighted by Crippen LogP contribution is -2.26. The van der Waals surface area contributed by atoms with Gasteiger partial charge in [0.2, 0.25) is 15.8 Å². The highest BCUT2D eigenvalue weighted by Gasteiger charge is 2.10. The Morgan fingerprint density at radius 1 is 1.06 bits per heavy atom. The highest BCUT2D eigenvalue weighted by Crippen LogP contribution is 2.20. The number of piperidine rings is 1. The number of aromatic nitrogens is 2. The van der Waals surface area contributed by atoms with Gasteiger partial charge in [-0.2, -0.15) is 0 Å². The van der Waals surface area contributed by atoms with E-state index in [1.807, 2.05) is 36.4 Å². The number of fused-ring (bicyclic) bond motifs is 1. The molecule has 1 aliphatic rings. The van der Waals surface area contributed by atoms with E-state index in [4.69, 9.17) is 0 Å². The fourth-order valence-electron chi connectivity index (χ4n) is 3.68. The van der Waals surface area contributed by atoms with Gasteiger partial charge in [-0.1, -0.05) is 30.2 Å². The van der Waals surface area contributed by atoms with E-state index in [-0.39, 0.29) is 0 Å². The van der Waals surface area contributed by atoms with E-state index in [1.54, 1.807) is 12.1 Å². The minimum atomic E-state index is -3.27. The van der Waals surface area contributed by atoms with Crippen LogP contribution < -0.4 is 15.4 Å². The molecule has 1 aromatic heterocycles. The summed E-state index contributed by atoms with van der Waals surface area (Å²) in [7, 11) is -3.27. The van der Waals surface area contributed by atoms with Gasteiger partial charge in [0.1, 0.15) is 5.82 Å². The molecule has 0 bridgehead atoms. The van der Waals surface area contributed by atoms with E-state index < -0.39 is 10.0 Å². The SMILES string of the molecule is CS(=O)(=O)Nc1ccc(CCNc2nc(C#CC3CCNCC3)nc3ccccc23)cc1. The van der Waals surface area contributed by atoms with E-state index >= 15 is 0 Å². The van der Waals surface area contributed by atoms with Gasteiger partial charge in [0.05, 0.1) is 11.8 Å². The third-order valence-electron chi connectivity index (χ3n) is 5.29. The van der Waals surface area contributed by atoms with Gasteiger partial charge in [-0.05, 0) is 68.1 Å². The van der Waals surface area contributed by atoms with Crippen LogP contribution in [-0.4, -0.2) is 44.3 Å². The molecule has 0 radical (unpaired) electrons. The topological polar surface area (TPSA) is 96.0 Å². The van der Waals surface area contributed by atoms with Crippen molar-refractivity contribution in [3.8, 4) is 11.8 Å². The van der Waals surface area contributed by atoms with Crippen molar-refractivity contribution >= 4 is 32.4 Å². The highest BCUT2D eigenvalue weighted by atomic mass is 32.2.